The normalized spacial score (nSPS) is 41.3. The van der Waals surface area contributed by atoms with Gasteiger partial charge in [-0.1, -0.05) is 6.08 Å². The molecule has 0 radical (unpaired) electrons. The van der Waals surface area contributed by atoms with Gasteiger partial charge in [0.15, 0.2) is 19.9 Å². The maximum Gasteiger partial charge on any atom is 0.184 e. The minimum atomic E-state index is -1.93. The third-order valence-corrected chi connectivity index (χ3v) is 6.67. The number of carbonyl (C=O) groups excluding carboxylic acids is 1. The summed E-state index contributed by atoms with van der Waals surface area (Å²) in [5.41, 5.74) is -0.667. The second-order valence-electron chi connectivity index (χ2n) is 9.08. The molecular formula is C19H32O5Si. The van der Waals surface area contributed by atoms with Gasteiger partial charge >= 0.3 is 0 Å². The summed E-state index contributed by atoms with van der Waals surface area (Å²) in [5, 5.41) is 0. The maximum atomic E-state index is 12.7. The van der Waals surface area contributed by atoms with Crippen LogP contribution in [0.25, 0.3) is 0 Å². The van der Waals surface area contributed by atoms with E-state index < -0.39 is 19.7 Å². The summed E-state index contributed by atoms with van der Waals surface area (Å²) in [5.74, 6) is -0.463. The first-order valence-electron chi connectivity index (χ1n) is 9.28. The van der Waals surface area contributed by atoms with Crippen molar-refractivity contribution in [3.05, 3.63) is 12.2 Å². The average Bonchev–Trinajstić information content (AvgIpc) is 2.82. The third kappa shape index (κ3) is 3.39. The number of allylic oxidation sites excluding steroid dienone is 2. The van der Waals surface area contributed by atoms with Crippen molar-refractivity contribution in [3.8, 4) is 0 Å². The molecule has 3 aliphatic rings. The number of ketones is 1. The zero-order valence-electron chi connectivity index (χ0n) is 16.5. The number of fused-ring (bicyclic) bond motifs is 3. The Balaban J connectivity index is 2.09. The van der Waals surface area contributed by atoms with E-state index in [-0.39, 0.29) is 35.9 Å². The zero-order valence-corrected chi connectivity index (χ0v) is 17.5. The highest BCUT2D eigenvalue weighted by molar-refractivity contribution is 6.69. The molecule has 3 rings (SSSR count). The van der Waals surface area contributed by atoms with Gasteiger partial charge in [0, 0.05) is 18.9 Å². The lowest BCUT2D eigenvalue weighted by atomic mass is 9.63. The van der Waals surface area contributed by atoms with Gasteiger partial charge < -0.3 is 18.6 Å². The molecule has 0 spiro atoms. The van der Waals surface area contributed by atoms with Crippen molar-refractivity contribution in [1.82, 2.24) is 0 Å². The highest BCUT2D eigenvalue weighted by Crippen LogP contribution is 2.53. The Hall–Kier alpha value is -0.533. The molecule has 0 aromatic carbocycles. The van der Waals surface area contributed by atoms with Crippen LogP contribution in [0.4, 0.5) is 0 Å². The molecule has 5 nitrogen and oxygen atoms in total. The number of ether oxygens (including phenoxy) is 3. The second kappa shape index (κ2) is 6.27. The van der Waals surface area contributed by atoms with Crippen LogP contribution in [0.15, 0.2) is 12.2 Å². The first-order valence-corrected chi connectivity index (χ1v) is 12.7. The van der Waals surface area contributed by atoms with Gasteiger partial charge in [0.1, 0.15) is 11.7 Å². The topological polar surface area (TPSA) is 54.0 Å². The number of hydrogen-bond donors (Lipinski definition) is 0. The quantitative estimate of drug-likeness (QED) is 0.713. The maximum absolute atomic E-state index is 12.7. The monoisotopic (exact) mass is 368 g/mol. The van der Waals surface area contributed by atoms with Crippen molar-refractivity contribution in [2.75, 3.05) is 7.11 Å². The van der Waals surface area contributed by atoms with Crippen LogP contribution in [0.3, 0.4) is 0 Å². The van der Waals surface area contributed by atoms with Gasteiger partial charge in [-0.15, -0.1) is 0 Å². The van der Waals surface area contributed by atoms with E-state index in [1.165, 1.54) is 0 Å². The largest absolute Gasteiger partial charge is 0.407 e. The first-order chi connectivity index (χ1) is 11.5. The van der Waals surface area contributed by atoms with Crippen molar-refractivity contribution in [2.24, 2.45) is 11.8 Å². The minimum Gasteiger partial charge on any atom is -0.407 e. The third-order valence-electron chi connectivity index (χ3n) is 5.68. The van der Waals surface area contributed by atoms with Crippen LogP contribution < -0.4 is 0 Å². The Labute approximate surface area is 152 Å². The Morgan fingerprint density at radius 1 is 1.28 bits per heavy atom. The molecule has 0 amide bonds. The number of methoxy groups -OCH3 is 1. The average molecular weight is 369 g/mol. The molecule has 2 fully saturated rings. The lowest BCUT2D eigenvalue weighted by molar-refractivity contribution is -0.199. The van der Waals surface area contributed by atoms with Crippen molar-refractivity contribution >= 4 is 14.1 Å². The molecule has 25 heavy (non-hydrogen) atoms. The number of hydrogen-bond acceptors (Lipinski definition) is 5. The zero-order chi connectivity index (χ0) is 18.6. The summed E-state index contributed by atoms with van der Waals surface area (Å²) in [4.78, 5) is 12.7. The van der Waals surface area contributed by atoms with Crippen LogP contribution in [0.5, 0.6) is 0 Å². The van der Waals surface area contributed by atoms with Crippen molar-refractivity contribution in [1.29, 1.82) is 0 Å². The Morgan fingerprint density at radius 3 is 2.56 bits per heavy atom. The van der Waals surface area contributed by atoms with E-state index >= 15 is 0 Å². The van der Waals surface area contributed by atoms with Gasteiger partial charge in [0.2, 0.25) is 0 Å². The fraction of sp³-hybridized carbons (Fsp3) is 0.842. The summed E-state index contributed by atoms with van der Waals surface area (Å²) in [6.07, 6.45) is 4.59. The van der Waals surface area contributed by atoms with Crippen LogP contribution in [0.2, 0.25) is 19.6 Å². The first kappa shape index (κ1) is 19.2. The molecule has 1 aliphatic heterocycles. The number of carbonyl (C=O) groups is 1. The Bertz CT molecular complexity index is 567. The second-order valence-corrected chi connectivity index (χ2v) is 13.5. The van der Waals surface area contributed by atoms with Gasteiger partial charge in [-0.05, 0) is 59.3 Å². The molecule has 1 unspecified atom stereocenters. The summed E-state index contributed by atoms with van der Waals surface area (Å²) >= 11 is 0. The fourth-order valence-corrected chi connectivity index (χ4v) is 6.25. The van der Waals surface area contributed by atoms with E-state index in [1.807, 2.05) is 26.8 Å². The van der Waals surface area contributed by atoms with Gasteiger partial charge in [-0.2, -0.15) is 0 Å². The van der Waals surface area contributed by atoms with Crippen LogP contribution in [0.1, 0.15) is 33.6 Å². The molecule has 0 aromatic heterocycles. The van der Waals surface area contributed by atoms with E-state index in [1.54, 1.807) is 13.2 Å². The summed E-state index contributed by atoms with van der Waals surface area (Å²) < 4.78 is 25.2. The Kier molecular flexibility index (Phi) is 4.82. The molecule has 6 atom stereocenters. The molecular weight excluding hydrogens is 336 g/mol. The lowest BCUT2D eigenvalue weighted by Gasteiger charge is -2.54. The van der Waals surface area contributed by atoms with E-state index in [4.69, 9.17) is 18.6 Å². The van der Waals surface area contributed by atoms with Gasteiger partial charge in [0.25, 0.3) is 0 Å². The molecule has 2 aliphatic carbocycles. The number of rotatable bonds is 4. The van der Waals surface area contributed by atoms with Gasteiger partial charge in [-0.3, -0.25) is 4.79 Å². The smallest absolute Gasteiger partial charge is 0.184 e. The fourth-order valence-electron chi connectivity index (χ4n) is 4.74. The van der Waals surface area contributed by atoms with Crippen LogP contribution in [-0.4, -0.2) is 50.9 Å². The highest BCUT2D eigenvalue weighted by Gasteiger charge is 2.64. The summed E-state index contributed by atoms with van der Waals surface area (Å²) in [7, 11) is -0.227. The molecule has 142 valence electrons. The molecule has 1 heterocycles. The molecule has 0 N–H and O–H groups in total. The van der Waals surface area contributed by atoms with E-state index in [0.717, 1.165) is 6.42 Å². The predicted octanol–water partition coefficient (Wildman–Crippen LogP) is 3.30. The highest BCUT2D eigenvalue weighted by atomic mass is 28.4. The minimum absolute atomic E-state index is 0.0994. The molecule has 0 bridgehead atoms. The van der Waals surface area contributed by atoms with E-state index in [2.05, 4.69) is 19.6 Å². The SMILES string of the molecule is CO[C@H](C)[C@]1(O[Si](C)(C)C)CC2C(=O)C=CC[C@@H]2[C@H]2OC(C)(C)O[C@H]21. The van der Waals surface area contributed by atoms with Crippen LogP contribution in [0, 0.1) is 11.8 Å². The van der Waals surface area contributed by atoms with Crippen LogP contribution >= 0.6 is 0 Å². The van der Waals surface area contributed by atoms with E-state index in [9.17, 15) is 4.79 Å². The summed E-state index contributed by atoms with van der Waals surface area (Å²) in [6.45, 7) is 12.4. The lowest BCUT2D eigenvalue weighted by Crippen LogP contribution is -2.67. The molecule has 0 aromatic rings. The predicted molar refractivity (Wildman–Crippen MR) is 97.8 cm³/mol. The summed E-state index contributed by atoms with van der Waals surface area (Å²) in [6, 6.07) is 0. The Morgan fingerprint density at radius 2 is 1.96 bits per heavy atom. The van der Waals surface area contributed by atoms with Crippen molar-refractivity contribution < 1.29 is 23.4 Å². The van der Waals surface area contributed by atoms with Crippen molar-refractivity contribution in [2.45, 2.75) is 83.0 Å². The molecule has 6 heteroatoms. The van der Waals surface area contributed by atoms with Crippen molar-refractivity contribution in [3.63, 3.8) is 0 Å². The van der Waals surface area contributed by atoms with Gasteiger partial charge in [0.05, 0.1) is 12.2 Å². The molecule has 1 saturated heterocycles. The molecule has 1 saturated carbocycles. The van der Waals surface area contributed by atoms with Crippen LogP contribution in [-0.2, 0) is 23.4 Å². The standard InChI is InChI=1S/C19H32O5Si/c1-12(21-4)19(24-25(5,6)7)11-14-13(9-8-10-15(14)20)16-17(19)23-18(2,3)22-16/h8,10,12-14,16-17H,9,11H2,1-7H3/t12-,13+,14?,16-,17-,19-/m1/s1. The van der Waals surface area contributed by atoms with E-state index in [0.29, 0.717) is 6.42 Å². The van der Waals surface area contributed by atoms with Gasteiger partial charge in [-0.25, -0.2) is 0 Å².